The molecular weight excluding hydrogens is 232 g/mol. The van der Waals surface area contributed by atoms with E-state index in [1.807, 2.05) is 19.4 Å². The van der Waals surface area contributed by atoms with Crippen molar-refractivity contribution < 1.29 is 4.79 Å². The highest BCUT2D eigenvalue weighted by atomic mass is 35.5. The van der Waals surface area contributed by atoms with Crippen molar-refractivity contribution in [2.45, 2.75) is 6.92 Å². The van der Waals surface area contributed by atoms with Gasteiger partial charge in [-0.15, -0.1) is 11.3 Å². The number of likely N-dealkylation sites (N-methyl/N-ethyl adjacent to an activating group) is 2. The second-order valence-electron chi connectivity index (χ2n) is 3.39. The van der Waals surface area contributed by atoms with Crippen LogP contribution in [0.4, 0.5) is 0 Å². The maximum absolute atomic E-state index is 11.9. The van der Waals surface area contributed by atoms with Gasteiger partial charge in [0.2, 0.25) is 0 Å². The zero-order chi connectivity index (χ0) is 11.4. The monoisotopic (exact) mass is 246 g/mol. The molecule has 0 saturated heterocycles. The fourth-order valence-corrected chi connectivity index (χ4v) is 2.40. The van der Waals surface area contributed by atoms with Crippen molar-refractivity contribution in [1.82, 2.24) is 10.2 Å². The molecule has 1 heterocycles. The SMILES string of the molecule is CNCCN(C)C(=O)c1scc(C)c1Cl. The number of thiophene rings is 1. The lowest BCUT2D eigenvalue weighted by Gasteiger charge is -2.16. The lowest BCUT2D eigenvalue weighted by atomic mass is 10.3. The first kappa shape index (κ1) is 12.5. The van der Waals surface area contributed by atoms with Crippen molar-refractivity contribution in [1.29, 1.82) is 0 Å². The Morgan fingerprint density at radius 3 is 2.80 bits per heavy atom. The molecule has 0 fully saturated rings. The van der Waals surface area contributed by atoms with Gasteiger partial charge in [0.1, 0.15) is 4.88 Å². The van der Waals surface area contributed by atoms with Gasteiger partial charge in [-0.1, -0.05) is 11.6 Å². The number of carbonyl (C=O) groups is 1. The number of hydrogen-bond donors (Lipinski definition) is 1. The number of rotatable bonds is 4. The summed E-state index contributed by atoms with van der Waals surface area (Å²) in [6, 6.07) is 0. The van der Waals surface area contributed by atoms with Crippen LogP contribution in [-0.4, -0.2) is 38.0 Å². The van der Waals surface area contributed by atoms with Gasteiger partial charge in [-0.25, -0.2) is 0 Å². The maximum Gasteiger partial charge on any atom is 0.265 e. The standard InChI is InChI=1S/C10H15ClN2OS/c1-7-6-15-9(8(7)11)10(14)13(3)5-4-12-2/h6,12H,4-5H2,1-3H3. The third-order valence-corrected chi connectivity index (χ3v) is 3.82. The summed E-state index contributed by atoms with van der Waals surface area (Å²) in [5, 5.41) is 5.49. The average molecular weight is 247 g/mol. The van der Waals surface area contributed by atoms with E-state index >= 15 is 0 Å². The van der Waals surface area contributed by atoms with Crippen LogP contribution in [0.3, 0.4) is 0 Å². The highest BCUT2D eigenvalue weighted by molar-refractivity contribution is 7.13. The summed E-state index contributed by atoms with van der Waals surface area (Å²) in [6.45, 7) is 3.37. The normalized spacial score (nSPS) is 10.4. The fourth-order valence-electron chi connectivity index (χ4n) is 1.13. The van der Waals surface area contributed by atoms with Crippen molar-refractivity contribution >= 4 is 28.8 Å². The van der Waals surface area contributed by atoms with E-state index in [2.05, 4.69) is 5.32 Å². The summed E-state index contributed by atoms with van der Waals surface area (Å²) < 4.78 is 0. The molecule has 0 bridgehead atoms. The van der Waals surface area contributed by atoms with Crippen LogP contribution in [0.5, 0.6) is 0 Å². The van der Waals surface area contributed by atoms with E-state index in [1.54, 1.807) is 11.9 Å². The fraction of sp³-hybridized carbons (Fsp3) is 0.500. The summed E-state index contributed by atoms with van der Waals surface area (Å²) in [6.07, 6.45) is 0. The van der Waals surface area contributed by atoms with Gasteiger partial charge in [-0.3, -0.25) is 4.79 Å². The van der Waals surface area contributed by atoms with Crippen LogP contribution >= 0.6 is 22.9 Å². The van der Waals surface area contributed by atoms with Gasteiger partial charge in [-0.05, 0) is 24.9 Å². The number of hydrogen-bond acceptors (Lipinski definition) is 3. The van der Waals surface area contributed by atoms with Gasteiger partial charge < -0.3 is 10.2 Å². The molecule has 1 rings (SSSR count). The molecular formula is C10H15ClN2OS. The zero-order valence-electron chi connectivity index (χ0n) is 9.13. The summed E-state index contributed by atoms with van der Waals surface area (Å²) in [7, 11) is 3.64. The van der Waals surface area contributed by atoms with Gasteiger partial charge in [0.05, 0.1) is 5.02 Å². The highest BCUT2D eigenvalue weighted by Crippen LogP contribution is 2.27. The molecule has 0 spiro atoms. The van der Waals surface area contributed by atoms with Gasteiger partial charge in [0, 0.05) is 20.1 Å². The number of nitrogens with zero attached hydrogens (tertiary/aromatic N) is 1. The van der Waals surface area contributed by atoms with Gasteiger partial charge >= 0.3 is 0 Å². The van der Waals surface area contributed by atoms with E-state index in [0.717, 1.165) is 12.1 Å². The first-order valence-corrected chi connectivity index (χ1v) is 5.97. The molecule has 1 amide bonds. The second kappa shape index (κ2) is 5.49. The van der Waals surface area contributed by atoms with Crippen molar-refractivity contribution in [3.63, 3.8) is 0 Å². The van der Waals surface area contributed by atoms with E-state index in [0.29, 0.717) is 16.4 Å². The second-order valence-corrected chi connectivity index (χ2v) is 4.65. The van der Waals surface area contributed by atoms with Crippen LogP contribution in [0, 0.1) is 6.92 Å². The van der Waals surface area contributed by atoms with E-state index in [-0.39, 0.29) is 5.91 Å². The summed E-state index contributed by atoms with van der Waals surface area (Å²) in [5.74, 6) is -0.00616. The maximum atomic E-state index is 11.9. The molecule has 1 N–H and O–H groups in total. The minimum Gasteiger partial charge on any atom is -0.340 e. The Labute approximate surface area is 99.0 Å². The number of carbonyl (C=O) groups excluding carboxylic acids is 1. The van der Waals surface area contributed by atoms with Crippen LogP contribution in [0.2, 0.25) is 5.02 Å². The van der Waals surface area contributed by atoms with Crippen LogP contribution in [0.1, 0.15) is 15.2 Å². The van der Waals surface area contributed by atoms with E-state index in [4.69, 9.17) is 11.6 Å². The summed E-state index contributed by atoms with van der Waals surface area (Å²) in [4.78, 5) is 14.2. The predicted molar refractivity (Wildman–Crippen MR) is 65.0 cm³/mol. The Kier molecular flexibility index (Phi) is 4.57. The molecule has 15 heavy (non-hydrogen) atoms. The predicted octanol–water partition coefficient (Wildman–Crippen LogP) is 2.00. The van der Waals surface area contributed by atoms with Gasteiger partial charge in [-0.2, -0.15) is 0 Å². The quantitative estimate of drug-likeness (QED) is 0.882. The molecule has 0 aliphatic carbocycles. The number of amides is 1. The summed E-state index contributed by atoms with van der Waals surface area (Å²) >= 11 is 7.43. The lowest BCUT2D eigenvalue weighted by Crippen LogP contribution is -2.32. The largest absolute Gasteiger partial charge is 0.340 e. The third-order valence-electron chi connectivity index (χ3n) is 2.14. The molecule has 5 heteroatoms. The third kappa shape index (κ3) is 2.93. The molecule has 0 aliphatic rings. The van der Waals surface area contributed by atoms with Gasteiger partial charge in [0.25, 0.3) is 5.91 Å². The molecule has 0 aliphatic heterocycles. The Morgan fingerprint density at radius 2 is 2.33 bits per heavy atom. The van der Waals surface area contributed by atoms with E-state index in [1.165, 1.54) is 11.3 Å². The van der Waals surface area contributed by atoms with Crippen molar-refractivity contribution in [3.05, 3.63) is 20.8 Å². The minimum absolute atomic E-state index is 0.00616. The molecule has 0 atom stereocenters. The Morgan fingerprint density at radius 1 is 1.67 bits per heavy atom. The van der Waals surface area contributed by atoms with Crippen LogP contribution in [-0.2, 0) is 0 Å². The van der Waals surface area contributed by atoms with Crippen LogP contribution in [0.25, 0.3) is 0 Å². The topological polar surface area (TPSA) is 32.3 Å². The first-order valence-electron chi connectivity index (χ1n) is 4.71. The van der Waals surface area contributed by atoms with Gasteiger partial charge in [0.15, 0.2) is 0 Å². The number of aryl methyl sites for hydroxylation is 1. The number of halogens is 1. The molecule has 84 valence electrons. The molecule has 3 nitrogen and oxygen atoms in total. The average Bonchev–Trinajstić information content (AvgIpc) is 2.55. The van der Waals surface area contributed by atoms with E-state index in [9.17, 15) is 4.79 Å². The van der Waals surface area contributed by atoms with E-state index < -0.39 is 0 Å². The summed E-state index contributed by atoms with van der Waals surface area (Å²) in [5.41, 5.74) is 0.965. The minimum atomic E-state index is -0.00616. The molecule has 0 unspecified atom stereocenters. The molecule has 0 radical (unpaired) electrons. The molecule has 0 aromatic carbocycles. The van der Waals surface area contributed by atoms with Crippen LogP contribution in [0.15, 0.2) is 5.38 Å². The Balaban J connectivity index is 2.72. The zero-order valence-corrected chi connectivity index (χ0v) is 10.7. The van der Waals surface area contributed by atoms with Crippen LogP contribution < -0.4 is 5.32 Å². The Bertz CT molecular complexity index is 351. The molecule has 1 aromatic rings. The molecule has 1 aromatic heterocycles. The first-order chi connectivity index (χ1) is 7.07. The Hall–Kier alpha value is -0.580. The lowest BCUT2D eigenvalue weighted by molar-refractivity contribution is 0.0801. The number of nitrogens with one attached hydrogen (secondary N) is 1. The highest BCUT2D eigenvalue weighted by Gasteiger charge is 2.17. The van der Waals surface area contributed by atoms with Crippen molar-refractivity contribution in [2.75, 3.05) is 27.2 Å². The van der Waals surface area contributed by atoms with Crippen molar-refractivity contribution in [3.8, 4) is 0 Å². The smallest absolute Gasteiger partial charge is 0.265 e. The molecule has 0 saturated carbocycles. The van der Waals surface area contributed by atoms with Crippen molar-refractivity contribution in [2.24, 2.45) is 0 Å².